The van der Waals surface area contributed by atoms with Crippen molar-refractivity contribution in [2.75, 3.05) is 13.1 Å². The van der Waals surface area contributed by atoms with E-state index in [2.05, 4.69) is 30.5 Å². The molecule has 4 aromatic heterocycles. The summed E-state index contributed by atoms with van der Waals surface area (Å²) in [6.45, 7) is 2.57. The molecule has 0 saturated carbocycles. The maximum Gasteiger partial charge on any atom is 0.326 e. The first kappa shape index (κ1) is 25.3. The fourth-order valence-electron chi connectivity index (χ4n) is 4.13. The molecule has 0 spiro atoms. The summed E-state index contributed by atoms with van der Waals surface area (Å²) < 4.78 is 46.3. The van der Waals surface area contributed by atoms with E-state index in [1.165, 1.54) is 49.2 Å². The van der Waals surface area contributed by atoms with Crippen molar-refractivity contribution >= 4 is 11.0 Å². The highest BCUT2D eigenvalue weighted by molar-refractivity contribution is 5.82. The zero-order valence-corrected chi connectivity index (χ0v) is 20.2. The summed E-state index contributed by atoms with van der Waals surface area (Å²) in [5.41, 5.74) is 2.18. The predicted molar refractivity (Wildman–Crippen MR) is 134 cm³/mol. The van der Waals surface area contributed by atoms with Crippen LogP contribution < -0.4 is 11.0 Å². The molecule has 1 aromatic carbocycles. The first-order valence-electron chi connectivity index (χ1n) is 12.1. The van der Waals surface area contributed by atoms with Gasteiger partial charge in [-0.3, -0.25) is 14.5 Å². The molecule has 5 aromatic rings. The van der Waals surface area contributed by atoms with Crippen molar-refractivity contribution in [3.05, 3.63) is 82.9 Å². The number of alkyl halides is 2. The number of piperidine rings is 1. The molecule has 5 heterocycles. The van der Waals surface area contributed by atoms with E-state index in [0.717, 1.165) is 0 Å². The van der Waals surface area contributed by atoms with Gasteiger partial charge in [0.05, 0.1) is 28.8 Å². The van der Waals surface area contributed by atoms with Crippen LogP contribution in [0.4, 0.5) is 13.2 Å². The van der Waals surface area contributed by atoms with E-state index in [4.69, 9.17) is 4.42 Å². The standard InChI is InChI=1S/C21H13F3N6O2.C5H11N/c22-15-7-17-16(6-14(15)11-2-1-5-25-8-11)27-21(31)30(17)10-13-4-3-12(9-26-13)19-28-29-20(32-19)18(23)24;1-2-4-6-5-3-1/h1-9,18H,10H2,(H,27,31);6H,1-5H2. The topological polar surface area (TPSA) is 115 Å². The smallest absolute Gasteiger partial charge is 0.326 e. The number of nitrogens with zero attached hydrogens (tertiary/aromatic N) is 5. The number of pyridine rings is 2. The molecule has 1 saturated heterocycles. The minimum atomic E-state index is -2.86. The fraction of sp³-hybridized carbons (Fsp3) is 0.269. The predicted octanol–water partition coefficient (Wildman–Crippen LogP) is 4.72. The number of halogens is 3. The number of aromatic nitrogens is 6. The lowest BCUT2D eigenvalue weighted by Crippen LogP contribution is -2.21. The van der Waals surface area contributed by atoms with Gasteiger partial charge in [0.2, 0.25) is 5.89 Å². The van der Waals surface area contributed by atoms with Gasteiger partial charge in [0.15, 0.2) is 0 Å². The van der Waals surface area contributed by atoms with E-state index in [1.807, 2.05) is 0 Å². The van der Waals surface area contributed by atoms with Gasteiger partial charge in [0.25, 0.3) is 5.89 Å². The fourth-order valence-corrected chi connectivity index (χ4v) is 4.13. The number of rotatable bonds is 5. The van der Waals surface area contributed by atoms with Gasteiger partial charge in [0, 0.05) is 35.8 Å². The molecule has 0 radical (unpaired) electrons. The van der Waals surface area contributed by atoms with Gasteiger partial charge in [-0.15, -0.1) is 10.2 Å². The van der Waals surface area contributed by atoms with Gasteiger partial charge in [-0.2, -0.15) is 8.78 Å². The van der Waals surface area contributed by atoms with Crippen molar-refractivity contribution in [3.63, 3.8) is 0 Å². The van der Waals surface area contributed by atoms with Gasteiger partial charge in [-0.25, -0.2) is 9.18 Å². The van der Waals surface area contributed by atoms with Crippen molar-refractivity contribution in [1.29, 1.82) is 0 Å². The number of imidazole rings is 1. The Bertz CT molecular complexity index is 1550. The molecule has 1 aliphatic heterocycles. The van der Waals surface area contributed by atoms with Crippen LogP contribution in [-0.4, -0.2) is 42.8 Å². The van der Waals surface area contributed by atoms with Crippen molar-refractivity contribution in [1.82, 2.24) is 35.0 Å². The van der Waals surface area contributed by atoms with Crippen LogP contribution in [0.1, 0.15) is 37.3 Å². The first-order chi connectivity index (χ1) is 18.5. The third kappa shape index (κ3) is 5.65. The number of fused-ring (bicyclic) bond motifs is 1. The molecule has 6 rings (SSSR count). The van der Waals surface area contributed by atoms with Crippen LogP contribution in [0, 0.1) is 5.82 Å². The van der Waals surface area contributed by atoms with Gasteiger partial charge in [-0.1, -0.05) is 12.5 Å². The van der Waals surface area contributed by atoms with Crippen molar-refractivity contribution in [2.45, 2.75) is 32.2 Å². The second kappa shape index (κ2) is 11.4. The second-order valence-electron chi connectivity index (χ2n) is 8.70. The lowest BCUT2D eigenvalue weighted by molar-refractivity contribution is 0.116. The van der Waals surface area contributed by atoms with E-state index in [9.17, 15) is 18.0 Å². The van der Waals surface area contributed by atoms with Crippen LogP contribution in [0.25, 0.3) is 33.6 Å². The molecule has 1 fully saturated rings. The highest BCUT2D eigenvalue weighted by Gasteiger charge is 2.18. The summed E-state index contributed by atoms with van der Waals surface area (Å²) in [7, 11) is 0. The molecular weight excluding hydrogens is 499 g/mol. The molecule has 196 valence electrons. The number of hydrogen-bond donors (Lipinski definition) is 2. The Morgan fingerprint density at radius 2 is 1.87 bits per heavy atom. The molecular formula is C26H24F3N7O2. The van der Waals surface area contributed by atoms with Crippen molar-refractivity contribution in [3.8, 4) is 22.6 Å². The molecule has 0 aliphatic carbocycles. The first-order valence-corrected chi connectivity index (χ1v) is 12.1. The van der Waals surface area contributed by atoms with Crippen LogP contribution in [0.2, 0.25) is 0 Å². The van der Waals surface area contributed by atoms with E-state index < -0.39 is 23.8 Å². The average molecular weight is 524 g/mol. The van der Waals surface area contributed by atoms with E-state index in [-0.39, 0.29) is 12.4 Å². The van der Waals surface area contributed by atoms with Crippen LogP contribution >= 0.6 is 0 Å². The summed E-state index contributed by atoms with van der Waals surface area (Å²) in [6.07, 6.45) is 5.86. The molecule has 0 atom stereocenters. The van der Waals surface area contributed by atoms with E-state index in [0.29, 0.717) is 33.4 Å². The van der Waals surface area contributed by atoms with Gasteiger partial charge < -0.3 is 14.7 Å². The third-order valence-corrected chi connectivity index (χ3v) is 6.06. The lowest BCUT2D eigenvalue weighted by atomic mass is 10.1. The molecule has 0 unspecified atom stereocenters. The summed E-state index contributed by atoms with van der Waals surface area (Å²) in [5, 5.41) is 10.1. The van der Waals surface area contributed by atoms with Crippen LogP contribution in [-0.2, 0) is 6.54 Å². The summed E-state index contributed by atoms with van der Waals surface area (Å²) >= 11 is 0. The maximum atomic E-state index is 14.8. The number of aromatic amines is 1. The Hall–Kier alpha value is -4.32. The number of benzene rings is 1. The lowest BCUT2D eigenvalue weighted by Gasteiger charge is -2.08. The van der Waals surface area contributed by atoms with Crippen molar-refractivity contribution in [2.24, 2.45) is 0 Å². The summed E-state index contributed by atoms with van der Waals surface area (Å²) in [4.78, 5) is 23.4. The monoisotopic (exact) mass is 523 g/mol. The molecule has 0 bridgehead atoms. The summed E-state index contributed by atoms with van der Waals surface area (Å²) in [6, 6.07) is 9.43. The number of H-pyrrole nitrogens is 1. The molecule has 0 amide bonds. The van der Waals surface area contributed by atoms with E-state index in [1.54, 1.807) is 42.7 Å². The largest absolute Gasteiger partial charge is 0.415 e. The highest BCUT2D eigenvalue weighted by atomic mass is 19.3. The number of nitrogens with one attached hydrogen (secondary N) is 2. The Balaban J connectivity index is 0.000000433. The van der Waals surface area contributed by atoms with Gasteiger partial charge in [0.1, 0.15) is 5.82 Å². The third-order valence-electron chi connectivity index (χ3n) is 6.06. The Kier molecular flexibility index (Phi) is 7.59. The Morgan fingerprint density at radius 3 is 2.47 bits per heavy atom. The second-order valence-corrected chi connectivity index (χ2v) is 8.70. The van der Waals surface area contributed by atoms with Gasteiger partial charge >= 0.3 is 12.1 Å². The quantitative estimate of drug-likeness (QED) is 0.343. The molecule has 12 heteroatoms. The SMILES string of the molecule is C1CCNCC1.O=c1[nH]c2cc(-c3cccnc3)c(F)cc2n1Cc1ccc(-c2nnc(C(F)F)o2)cn1. The van der Waals surface area contributed by atoms with Crippen LogP contribution in [0.15, 0.2) is 64.2 Å². The Labute approximate surface area is 214 Å². The zero-order chi connectivity index (χ0) is 26.5. The average Bonchev–Trinajstić information content (AvgIpc) is 3.56. The molecule has 1 aliphatic rings. The zero-order valence-electron chi connectivity index (χ0n) is 20.2. The Morgan fingerprint density at radius 1 is 1.03 bits per heavy atom. The van der Waals surface area contributed by atoms with Crippen LogP contribution in [0.5, 0.6) is 0 Å². The van der Waals surface area contributed by atoms with Crippen molar-refractivity contribution < 1.29 is 17.6 Å². The minimum absolute atomic E-state index is 0.0664. The minimum Gasteiger partial charge on any atom is -0.415 e. The normalized spacial score (nSPS) is 13.5. The number of hydrogen-bond acceptors (Lipinski definition) is 7. The van der Waals surface area contributed by atoms with Gasteiger partial charge in [-0.05, 0) is 50.2 Å². The maximum absolute atomic E-state index is 14.8. The molecule has 9 nitrogen and oxygen atoms in total. The highest BCUT2D eigenvalue weighted by Crippen LogP contribution is 2.27. The molecule has 38 heavy (non-hydrogen) atoms. The van der Waals surface area contributed by atoms with E-state index >= 15 is 0 Å². The molecule has 2 N–H and O–H groups in total. The summed E-state index contributed by atoms with van der Waals surface area (Å²) in [5.74, 6) is -1.36. The van der Waals surface area contributed by atoms with Crippen LogP contribution in [0.3, 0.4) is 0 Å².